The Kier molecular flexibility index (Phi) is 3.77. The number of nitrogens with one attached hydrogen (secondary N) is 1. The van der Waals surface area contributed by atoms with Crippen LogP contribution in [0.1, 0.15) is 19.4 Å². The van der Waals surface area contributed by atoms with E-state index in [4.69, 9.17) is 17.0 Å². The van der Waals surface area contributed by atoms with Crippen LogP contribution < -0.4 is 4.74 Å². The van der Waals surface area contributed by atoms with Crippen LogP contribution in [0.4, 0.5) is 0 Å². The van der Waals surface area contributed by atoms with Crippen molar-refractivity contribution in [3.8, 4) is 17.0 Å². The first kappa shape index (κ1) is 12.8. The van der Waals surface area contributed by atoms with Gasteiger partial charge in [0.2, 0.25) is 0 Å². The minimum atomic E-state index is 0.185. The number of H-pyrrole nitrogens is 1. The summed E-state index contributed by atoms with van der Waals surface area (Å²) in [6, 6.07) is 7.97. The van der Waals surface area contributed by atoms with Crippen molar-refractivity contribution in [3.63, 3.8) is 0 Å². The van der Waals surface area contributed by atoms with Crippen molar-refractivity contribution in [3.05, 3.63) is 40.8 Å². The van der Waals surface area contributed by atoms with E-state index in [1.807, 2.05) is 45.0 Å². The third-order valence-corrected chi connectivity index (χ3v) is 3.01. The van der Waals surface area contributed by atoms with Crippen molar-refractivity contribution >= 4 is 12.2 Å². The Balaban J connectivity index is 2.35. The molecule has 0 aliphatic carbocycles. The summed E-state index contributed by atoms with van der Waals surface area (Å²) in [5.41, 5.74) is 3.08. The molecule has 2 aromatic rings. The molecule has 0 saturated heterocycles. The summed E-state index contributed by atoms with van der Waals surface area (Å²) in [5.74, 6) is 0.874. The topological polar surface area (TPSA) is 37.9 Å². The lowest BCUT2D eigenvalue weighted by atomic mass is 10.1. The van der Waals surface area contributed by atoms with Crippen molar-refractivity contribution in [1.29, 1.82) is 0 Å². The molecule has 0 spiro atoms. The summed E-state index contributed by atoms with van der Waals surface area (Å²) in [6.45, 7) is 6.00. The average Bonchev–Trinajstić information content (AvgIpc) is 2.33. The minimum absolute atomic E-state index is 0.185. The molecule has 0 radical (unpaired) electrons. The van der Waals surface area contributed by atoms with Gasteiger partial charge in [0.05, 0.1) is 18.1 Å². The van der Waals surface area contributed by atoms with Crippen LogP contribution in [0.2, 0.25) is 0 Å². The summed E-state index contributed by atoms with van der Waals surface area (Å²) in [7, 11) is 0. The quantitative estimate of drug-likeness (QED) is 0.850. The molecule has 1 N–H and O–H groups in total. The third-order valence-electron chi connectivity index (χ3n) is 2.60. The van der Waals surface area contributed by atoms with E-state index in [1.165, 1.54) is 0 Å². The van der Waals surface area contributed by atoms with Gasteiger partial charge >= 0.3 is 0 Å². The molecule has 1 aromatic carbocycles. The van der Waals surface area contributed by atoms with Gasteiger partial charge in [0, 0.05) is 5.56 Å². The first-order chi connectivity index (χ1) is 8.58. The van der Waals surface area contributed by atoms with Gasteiger partial charge in [0.15, 0.2) is 0 Å². The Hall–Kier alpha value is -1.68. The molecule has 3 nitrogen and oxygen atoms in total. The first-order valence-electron chi connectivity index (χ1n) is 5.89. The second kappa shape index (κ2) is 5.31. The Labute approximate surface area is 112 Å². The largest absolute Gasteiger partial charge is 0.491 e. The van der Waals surface area contributed by atoms with Crippen LogP contribution in [0.5, 0.6) is 5.75 Å². The van der Waals surface area contributed by atoms with Gasteiger partial charge in [-0.2, -0.15) is 0 Å². The molecular formula is C14H16N2OS. The molecule has 0 amide bonds. The van der Waals surface area contributed by atoms with Crippen LogP contribution in [0, 0.1) is 11.6 Å². The summed E-state index contributed by atoms with van der Waals surface area (Å²) < 4.78 is 6.25. The fourth-order valence-corrected chi connectivity index (χ4v) is 1.89. The predicted molar refractivity (Wildman–Crippen MR) is 75.4 cm³/mol. The van der Waals surface area contributed by atoms with Crippen LogP contribution in [0.25, 0.3) is 11.3 Å². The highest BCUT2D eigenvalue weighted by molar-refractivity contribution is 7.71. The maximum atomic E-state index is 5.62. The molecule has 0 unspecified atom stereocenters. The van der Waals surface area contributed by atoms with E-state index < -0.39 is 0 Å². The summed E-state index contributed by atoms with van der Waals surface area (Å²) in [4.78, 5) is 7.19. The monoisotopic (exact) mass is 260 g/mol. The second-order valence-electron chi connectivity index (χ2n) is 4.40. The van der Waals surface area contributed by atoms with Crippen LogP contribution >= 0.6 is 12.2 Å². The second-order valence-corrected chi connectivity index (χ2v) is 4.79. The van der Waals surface area contributed by atoms with E-state index in [-0.39, 0.29) is 6.10 Å². The van der Waals surface area contributed by atoms with E-state index >= 15 is 0 Å². The number of ether oxygens (including phenoxy) is 1. The summed E-state index contributed by atoms with van der Waals surface area (Å²) in [5, 5.41) is 0. The molecule has 0 atom stereocenters. The highest BCUT2D eigenvalue weighted by Crippen LogP contribution is 2.23. The lowest BCUT2D eigenvalue weighted by Gasteiger charge is -2.11. The van der Waals surface area contributed by atoms with E-state index in [2.05, 4.69) is 9.97 Å². The number of benzene rings is 1. The van der Waals surface area contributed by atoms with E-state index in [9.17, 15) is 0 Å². The van der Waals surface area contributed by atoms with Gasteiger partial charge in [0.1, 0.15) is 10.4 Å². The lowest BCUT2D eigenvalue weighted by Crippen LogP contribution is -2.05. The maximum Gasteiger partial charge on any atom is 0.132 e. The fraction of sp³-hybridized carbons (Fsp3) is 0.286. The van der Waals surface area contributed by atoms with Crippen molar-refractivity contribution in [1.82, 2.24) is 9.97 Å². The van der Waals surface area contributed by atoms with Crippen molar-refractivity contribution < 1.29 is 4.74 Å². The number of hydrogen-bond acceptors (Lipinski definition) is 3. The molecule has 2 rings (SSSR count). The molecule has 1 heterocycles. The van der Waals surface area contributed by atoms with Crippen LogP contribution in [0.15, 0.2) is 30.6 Å². The van der Waals surface area contributed by atoms with Crippen LogP contribution in [0.3, 0.4) is 0 Å². The lowest BCUT2D eigenvalue weighted by molar-refractivity contribution is 0.242. The molecule has 4 heteroatoms. The van der Waals surface area contributed by atoms with Gasteiger partial charge in [-0.3, -0.25) is 0 Å². The minimum Gasteiger partial charge on any atom is -0.491 e. The van der Waals surface area contributed by atoms with Gasteiger partial charge < -0.3 is 9.72 Å². The Morgan fingerprint density at radius 1 is 1.22 bits per heavy atom. The maximum absolute atomic E-state index is 5.62. The molecule has 1 aromatic heterocycles. The predicted octanol–water partition coefficient (Wildman–Crippen LogP) is 3.90. The van der Waals surface area contributed by atoms with Gasteiger partial charge in [-0.25, -0.2) is 4.98 Å². The third kappa shape index (κ3) is 2.76. The van der Waals surface area contributed by atoms with E-state index in [0.717, 1.165) is 22.6 Å². The van der Waals surface area contributed by atoms with E-state index in [1.54, 1.807) is 6.33 Å². The molecule has 94 valence electrons. The number of nitrogens with zero attached hydrogens (tertiary/aromatic N) is 1. The molecule has 0 fully saturated rings. The molecule has 0 aliphatic heterocycles. The Morgan fingerprint density at radius 2 is 1.89 bits per heavy atom. The van der Waals surface area contributed by atoms with Crippen molar-refractivity contribution in [2.45, 2.75) is 26.9 Å². The van der Waals surface area contributed by atoms with Crippen LogP contribution in [-0.4, -0.2) is 16.1 Å². The highest BCUT2D eigenvalue weighted by atomic mass is 32.1. The van der Waals surface area contributed by atoms with Crippen molar-refractivity contribution in [2.24, 2.45) is 0 Å². The number of hydrogen-bond donors (Lipinski definition) is 1. The number of rotatable bonds is 3. The van der Waals surface area contributed by atoms with Crippen LogP contribution in [-0.2, 0) is 0 Å². The smallest absolute Gasteiger partial charge is 0.132 e. The van der Waals surface area contributed by atoms with Crippen molar-refractivity contribution in [2.75, 3.05) is 0 Å². The highest BCUT2D eigenvalue weighted by Gasteiger charge is 2.04. The van der Waals surface area contributed by atoms with Gasteiger partial charge in [0.25, 0.3) is 0 Å². The molecular weight excluding hydrogens is 244 g/mol. The SMILES string of the molecule is Cc1c(-c2ccc(OC(C)C)cc2)[nH]cnc1=S. The number of aromatic amines is 1. The Bertz CT molecular complexity index is 587. The zero-order chi connectivity index (χ0) is 13.1. The normalized spacial score (nSPS) is 10.7. The van der Waals surface area contributed by atoms with Gasteiger partial charge in [-0.1, -0.05) is 12.2 Å². The summed E-state index contributed by atoms with van der Waals surface area (Å²) in [6.07, 6.45) is 1.81. The van der Waals surface area contributed by atoms with Gasteiger partial charge in [-0.05, 0) is 50.6 Å². The standard InChI is InChI=1S/C14H16N2OS/c1-9(2)17-12-6-4-11(5-7-12)13-10(3)14(18)16-8-15-13/h4-9H,1-3H3,(H,15,16,18). The summed E-state index contributed by atoms with van der Waals surface area (Å²) >= 11 is 5.17. The molecule has 0 aliphatic rings. The average molecular weight is 260 g/mol. The first-order valence-corrected chi connectivity index (χ1v) is 6.30. The van der Waals surface area contributed by atoms with E-state index in [0.29, 0.717) is 4.64 Å². The van der Waals surface area contributed by atoms with Gasteiger partial charge in [-0.15, -0.1) is 0 Å². The fourth-order valence-electron chi connectivity index (χ4n) is 1.74. The zero-order valence-corrected chi connectivity index (χ0v) is 11.5. The molecule has 18 heavy (non-hydrogen) atoms. The molecule has 0 saturated carbocycles. The number of aromatic nitrogens is 2. The Morgan fingerprint density at radius 3 is 2.50 bits per heavy atom. The molecule has 0 bridgehead atoms. The zero-order valence-electron chi connectivity index (χ0n) is 10.7.